The number of aromatic amines is 1. The van der Waals surface area contributed by atoms with Crippen molar-refractivity contribution in [2.24, 2.45) is 0 Å². The van der Waals surface area contributed by atoms with Gasteiger partial charge in [-0.15, -0.1) is 0 Å². The van der Waals surface area contributed by atoms with Crippen molar-refractivity contribution in [3.63, 3.8) is 0 Å². The zero-order chi connectivity index (χ0) is 18.3. The molecule has 1 aliphatic rings. The van der Waals surface area contributed by atoms with Crippen molar-refractivity contribution >= 4 is 22.6 Å². The minimum Gasteiger partial charge on any atom is -0.493 e. The number of aromatic nitrogens is 2. The predicted octanol–water partition coefficient (Wildman–Crippen LogP) is 3.76. The SMILES string of the molecule is CC(=O)N(C)c1cc(OC2CCOc3ccccc32)c2nc(C)[nH]c2c1. The number of benzene rings is 2. The van der Waals surface area contributed by atoms with Gasteiger partial charge in [0.05, 0.1) is 12.1 Å². The van der Waals surface area contributed by atoms with Crippen LogP contribution in [-0.2, 0) is 4.79 Å². The molecule has 0 radical (unpaired) electrons. The summed E-state index contributed by atoms with van der Waals surface area (Å²) in [5, 5.41) is 0. The van der Waals surface area contributed by atoms with Crippen LogP contribution >= 0.6 is 0 Å². The molecule has 1 amide bonds. The molecule has 6 nitrogen and oxygen atoms in total. The molecule has 0 saturated heterocycles. The van der Waals surface area contributed by atoms with E-state index in [9.17, 15) is 4.79 Å². The summed E-state index contributed by atoms with van der Waals surface area (Å²) < 4.78 is 12.1. The van der Waals surface area contributed by atoms with E-state index in [4.69, 9.17) is 9.47 Å². The molecule has 2 aromatic carbocycles. The third-order valence-corrected chi connectivity index (χ3v) is 4.69. The second-order valence-electron chi connectivity index (χ2n) is 6.52. The standard InChI is InChI=1S/C20H21N3O3/c1-12-21-16-10-14(23(3)13(2)24)11-19(20(16)22-12)26-18-8-9-25-17-7-5-4-6-15(17)18/h4-7,10-11,18H,8-9H2,1-3H3,(H,21,22). The van der Waals surface area contributed by atoms with Gasteiger partial charge in [0.1, 0.15) is 28.9 Å². The number of H-pyrrole nitrogens is 1. The Morgan fingerprint density at radius 2 is 2.15 bits per heavy atom. The minimum atomic E-state index is -0.113. The third kappa shape index (κ3) is 2.87. The summed E-state index contributed by atoms with van der Waals surface area (Å²) >= 11 is 0. The summed E-state index contributed by atoms with van der Waals surface area (Å²) in [7, 11) is 1.75. The maximum atomic E-state index is 11.8. The van der Waals surface area contributed by atoms with E-state index >= 15 is 0 Å². The Bertz CT molecular complexity index is 980. The van der Waals surface area contributed by atoms with Crippen LogP contribution in [0.2, 0.25) is 0 Å². The van der Waals surface area contributed by atoms with Crippen LogP contribution in [0.15, 0.2) is 36.4 Å². The van der Waals surface area contributed by atoms with Crippen molar-refractivity contribution in [1.29, 1.82) is 0 Å². The quantitative estimate of drug-likeness (QED) is 0.780. The van der Waals surface area contributed by atoms with Gasteiger partial charge in [0.25, 0.3) is 0 Å². The molecule has 26 heavy (non-hydrogen) atoms. The first-order valence-corrected chi connectivity index (χ1v) is 8.66. The molecule has 0 fully saturated rings. The lowest BCUT2D eigenvalue weighted by Crippen LogP contribution is -2.23. The first-order chi connectivity index (χ1) is 12.5. The van der Waals surface area contributed by atoms with Crippen LogP contribution in [0.4, 0.5) is 5.69 Å². The highest BCUT2D eigenvalue weighted by Gasteiger charge is 2.24. The first kappa shape index (κ1) is 16.4. The molecule has 1 N–H and O–H groups in total. The maximum absolute atomic E-state index is 11.8. The number of rotatable bonds is 3. The molecular formula is C20H21N3O3. The molecule has 0 aliphatic carbocycles. The summed E-state index contributed by atoms with van der Waals surface area (Å²) in [5.74, 6) is 2.29. The van der Waals surface area contributed by atoms with Crippen LogP contribution < -0.4 is 14.4 Å². The number of carbonyl (C=O) groups is 1. The number of anilines is 1. The number of nitrogens with zero attached hydrogens (tertiary/aromatic N) is 2. The van der Waals surface area contributed by atoms with E-state index in [1.807, 2.05) is 43.3 Å². The Morgan fingerprint density at radius 3 is 2.96 bits per heavy atom. The average Bonchev–Trinajstić information content (AvgIpc) is 3.01. The zero-order valence-electron chi connectivity index (χ0n) is 15.1. The smallest absolute Gasteiger partial charge is 0.223 e. The summed E-state index contributed by atoms with van der Waals surface area (Å²) in [6.07, 6.45) is 0.646. The second-order valence-corrected chi connectivity index (χ2v) is 6.52. The summed E-state index contributed by atoms with van der Waals surface area (Å²) in [6.45, 7) is 4.05. The molecular weight excluding hydrogens is 330 g/mol. The van der Waals surface area contributed by atoms with Gasteiger partial charge in [-0.1, -0.05) is 18.2 Å². The second kappa shape index (κ2) is 6.37. The lowest BCUT2D eigenvalue weighted by atomic mass is 10.0. The van der Waals surface area contributed by atoms with Gasteiger partial charge in [-0.05, 0) is 19.1 Å². The molecule has 0 saturated carbocycles. The van der Waals surface area contributed by atoms with E-state index in [1.165, 1.54) is 6.92 Å². The van der Waals surface area contributed by atoms with Crippen LogP contribution in [-0.4, -0.2) is 29.5 Å². The predicted molar refractivity (Wildman–Crippen MR) is 99.8 cm³/mol. The van der Waals surface area contributed by atoms with Gasteiger partial charge in [0, 0.05) is 37.7 Å². The van der Waals surface area contributed by atoms with Crippen molar-refractivity contribution < 1.29 is 14.3 Å². The van der Waals surface area contributed by atoms with Gasteiger partial charge >= 0.3 is 0 Å². The van der Waals surface area contributed by atoms with Gasteiger partial charge in [-0.25, -0.2) is 4.98 Å². The number of ether oxygens (including phenoxy) is 2. The van der Waals surface area contributed by atoms with Gasteiger partial charge in [0.15, 0.2) is 0 Å². The zero-order valence-corrected chi connectivity index (χ0v) is 15.1. The molecule has 134 valence electrons. The maximum Gasteiger partial charge on any atom is 0.223 e. The molecule has 1 unspecified atom stereocenters. The Kier molecular flexibility index (Phi) is 4.03. The fraction of sp³-hybridized carbons (Fsp3) is 0.300. The number of amides is 1. The van der Waals surface area contributed by atoms with E-state index in [-0.39, 0.29) is 12.0 Å². The molecule has 0 spiro atoms. The van der Waals surface area contributed by atoms with Gasteiger partial charge in [0.2, 0.25) is 5.91 Å². The fourth-order valence-electron chi connectivity index (χ4n) is 3.24. The largest absolute Gasteiger partial charge is 0.493 e. The van der Waals surface area contributed by atoms with E-state index < -0.39 is 0 Å². The van der Waals surface area contributed by atoms with Crippen molar-refractivity contribution in [2.75, 3.05) is 18.6 Å². The van der Waals surface area contributed by atoms with Crippen LogP contribution in [0.25, 0.3) is 11.0 Å². The normalized spacial score (nSPS) is 16.0. The monoisotopic (exact) mass is 351 g/mol. The lowest BCUT2D eigenvalue weighted by Gasteiger charge is -2.27. The fourth-order valence-corrected chi connectivity index (χ4v) is 3.24. The summed E-state index contributed by atoms with van der Waals surface area (Å²) in [5.41, 5.74) is 3.42. The number of fused-ring (bicyclic) bond motifs is 2. The van der Waals surface area contributed by atoms with Crippen LogP contribution in [0.1, 0.15) is 30.8 Å². The average molecular weight is 351 g/mol. The number of hydrogen-bond acceptors (Lipinski definition) is 4. The molecule has 1 aromatic heterocycles. The highest BCUT2D eigenvalue weighted by atomic mass is 16.5. The van der Waals surface area contributed by atoms with Crippen molar-refractivity contribution in [1.82, 2.24) is 9.97 Å². The minimum absolute atomic E-state index is 0.0389. The van der Waals surface area contributed by atoms with Crippen molar-refractivity contribution in [3.8, 4) is 11.5 Å². The third-order valence-electron chi connectivity index (χ3n) is 4.69. The molecule has 3 aromatic rings. The molecule has 2 heterocycles. The van der Waals surface area contributed by atoms with E-state index in [2.05, 4.69) is 9.97 Å². The summed E-state index contributed by atoms with van der Waals surface area (Å²) in [4.78, 5) is 21.2. The Labute approximate surface area is 151 Å². The molecule has 1 atom stereocenters. The van der Waals surface area contributed by atoms with E-state index in [0.29, 0.717) is 12.4 Å². The number of aryl methyl sites for hydroxylation is 1. The lowest BCUT2D eigenvalue weighted by molar-refractivity contribution is -0.116. The number of imidazole rings is 1. The molecule has 1 aliphatic heterocycles. The number of nitrogens with one attached hydrogen (secondary N) is 1. The van der Waals surface area contributed by atoms with Crippen molar-refractivity contribution in [2.45, 2.75) is 26.4 Å². The molecule has 0 bridgehead atoms. The Morgan fingerprint density at radius 1 is 1.35 bits per heavy atom. The summed E-state index contributed by atoms with van der Waals surface area (Å²) in [6, 6.07) is 11.7. The van der Waals surface area contributed by atoms with Gasteiger partial charge in [-0.2, -0.15) is 0 Å². The van der Waals surface area contributed by atoms with Gasteiger partial charge in [-0.3, -0.25) is 4.79 Å². The van der Waals surface area contributed by atoms with Crippen LogP contribution in [0.5, 0.6) is 11.5 Å². The molecule has 6 heteroatoms. The van der Waals surface area contributed by atoms with E-state index in [0.717, 1.165) is 40.3 Å². The topological polar surface area (TPSA) is 67.5 Å². The Hall–Kier alpha value is -3.02. The Balaban J connectivity index is 1.77. The highest BCUT2D eigenvalue weighted by Crippen LogP contribution is 2.38. The number of carbonyl (C=O) groups excluding carboxylic acids is 1. The van der Waals surface area contributed by atoms with Gasteiger partial charge < -0.3 is 19.4 Å². The van der Waals surface area contributed by atoms with Crippen LogP contribution in [0, 0.1) is 6.92 Å². The number of para-hydroxylation sites is 1. The molecule has 4 rings (SSSR count). The number of hydrogen-bond donors (Lipinski definition) is 1. The van der Waals surface area contributed by atoms with E-state index in [1.54, 1.807) is 11.9 Å². The van der Waals surface area contributed by atoms with Crippen molar-refractivity contribution in [3.05, 3.63) is 47.8 Å². The highest BCUT2D eigenvalue weighted by molar-refractivity contribution is 5.95. The van der Waals surface area contributed by atoms with Crippen LogP contribution in [0.3, 0.4) is 0 Å². The first-order valence-electron chi connectivity index (χ1n) is 8.66.